The van der Waals surface area contributed by atoms with Gasteiger partial charge in [0.2, 0.25) is 0 Å². The van der Waals surface area contributed by atoms with E-state index >= 15 is 0 Å². The normalized spacial score (nSPS) is 11.5. The Labute approximate surface area is 190 Å². The van der Waals surface area contributed by atoms with E-state index < -0.39 is 0 Å². The maximum Gasteiger partial charge on any atom is 0.193 e. The van der Waals surface area contributed by atoms with Gasteiger partial charge in [-0.2, -0.15) is 0 Å². The first-order valence-electron chi connectivity index (χ1n) is 11.2. The van der Waals surface area contributed by atoms with Crippen LogP contribution in [0, 0.1) is 0 Å². The van der Waals surface area contributed by atoms with Crippen molar-refractivity contribution in [3.8, 4) is 0 Å². The molecule has 0 aliphatic rings. The summed E-state index contributed by atoms with van der Waals surface area (Å²) >= 11 is 0. The van der Waals surface area contributed by atoms with Gasteiger partial charge in [-0.3, -0.25) is 4.79 Å². The molecule has 0 aliphatic carbocycles. The van der Waals surface area contributed by atoms with E-state index in [-0.39, 0.29) is 5.78 Å². The minimum absolute atomic E-state index is 0.0394. The molecule has 0 radical (unpaired) electrons. The minimum atomic E-state index is 0.0394. The fourth-order valence-electron chi connectivity index (χ4n) is 4.46. The van der Waals surface area contributed by atoms with Crippen LogP contribution in [0.3, 0.4) is 0 Å². The van der Waals surface area contributed by atoms with Crippen molar-refractivity contribution in [1.29, 1.82) is 0 Å². The van der Waals surface area contributed by atoms with Gasteiger partial charge in [0.05, 0.1) is 0 Å². The van der Waals surface area contributed by atoms with Crippen molar-refractivity contribution in [3.63, 3.8) is 0 Å². The third kappa shape index (κ3) is 3.89. The Morgan fingerprint density at radius 3 is 1.38 bits per heavy atom. The lowest BCUT2D eigenvalue weighted by Crippen LogP contribution is -2.54. The summed E-state index contributed by atoms with van der Waals surface area (Å²) in [6, 6.07) is 38.7. The van der Waals surface area contributed by atoms with Gasteiger partial charge in [0.15, 0.2) is 22.8 Å². The number of carbonyl (C=O) groups excluding carboxylic acids is 1. The first-order valence-corrected chi connectivity index (χ1v) is 11.2. The van der Waals surface area contributed by atoms with Crippen LogP contribution in [0.4, 0.5) is 17.1 Å². The Bertz CT molecular complexity index is 1100. The fraction of sp³-hybridized carbons (Fsp3) is 0.138. The number of quaternary nitrogens is 1. The molecule has 0 spiro atoms. The van der Waals surface area contributed by atoms with Crippen LogP contribution in [0.5, 0.6) is 0 Å². The molecule has 0 bridgehead atoms. The third-order valence-corrected chi connectivity index (χ3v) is 5.95. The van der Waals surface area contributed by atoms with Crippen LogP contribution in [0.1, 0.15) is 29.8 Å². The maximum atomic E-state index is 13.0. The van der Waals surface area contributed by atoms with Gasteiger partial charge in [-0.25, -0.2) is 0 Å². The van der Waals surface area contributed by atoms with Gasteiger partial charge in [-0.15, -0.1) is 9.60 Å². The van der Waals surface area contributed by atoms with Crippen LogP contribution < -0.4 is 4.59 Å². The highest BCUT2D eigenvalue weighted by molar-refractivity contribution is 6.09. The molecule has 0 atom stereocenters. The fourth-order valence-corrected chi connectivity index (χ4v) is 4.46. The molecule has 0 aliphatic heterocycles. The summed E-state index contributed by atoms with van der Waals surface area (Å²) in [4.78, 5) is 13.0. The summed E-state index contributed by atoms with van der Waals surface area (Å²) in [5, 5.41) is 2.43. The smallest absolute Gasteiger partial charge is 0.193 e. The Kier molecular flexibility index (Phi) is 6.60. The molecule has 0 N–H and O–H groups in total. The Morgan fingerprint density at radius 2 is 0.938 bits per heavy atom. The molecule has 0 aromatic heterocycles. The summed E-state index contributed by atoms with van der Waals surface area (Å²) in [7, 11) is 0. The highest BCUT2D eigenvalue weighted by Crippen LogP contribution is 2.45. The van der Waals surface area contributed by atoms with E-state index in [2.05, 4.69) is 79.5 Å². The van der Waals surface area contributed by atoms with E-state index in [0.717, 1.165) is 30.2 Å². The van der Waals surface area contributed by atoms with Crippen LogP contribution >= 0.6 is 0 Å². The molecule has 0 amide bonds. The second-order valence-electron chi connectivity index (χ2n) is 7.69. The van der Waals surface area contributed by atoms with E-state index in [9.17, 15) is 4.79 Å². The SMILES string of the molecule is CCN(CC)[N+](c1ccccc1)(c1ccccc1)c1ccc(C(=O)c2ccccc2)cc1. The average molecular weight is 422 g/mol. The van der Waals surface area contributed by atoms with Crippen molar-refractivity contribution in [3.05, 3.63) is 126 Å². The summed E-state index contributed by atoms with van der Waals surface area (Å²) in [6.07, 6.45) is 0. The van der Waals surface area contributed by atoms with E-state index in [0.29, 0.717) is 15.7 Å². The first kappa shape index (κ1) is 21.7. The molecular weight excluding hydrogens is 392 g/mol. The highest BCUT2D eigenvalue weighted by Gasteiger charge is 2.42. The number of rotatable bonds is 8. The number of hydrogen-bond acceptors (Lipinski definition) is 2. The Morgan fingerprint density at radius 1 is 0.562 bits per heavy atom. The molecule has 3 nitrogen and oxygen atoms in total. The van der Waals surface area contributed by atoms with Gasteiger partial charge in [0.25, 0.3) is 0 Å². The zero-order chi connectivity index (χ0) is 22.4. The quantitative estimate of drug-likeness (QED) is 0.171. The largest absolute Gasteiger partial charge is 0.289 e. The molecule has 0 heterocycles. The van der Waals surface area contributed by atoms with Crippen LogP contribution in [0.25, 0.3) is 0 Å². The Hall–Kier alpha value is -3.53. The lowest BCUT2D eigenvalue weighted by Gasteiger charge is -2.44. The minimum Gasteiger partial charge on any atom is -0.289 e. The second-order valence-corrected chi connectivity index (χ2v) is 7.69. The van der Waals surface area contributed by atoms with Crippen molar-refractivity contribution < 1.29 is 4.79 Å². The number of nitrogens with zero attached hydrogens (tertiary/aromatic N) is 2. The zero-order valence-corrected chi connectivity index (χ0v) is 18.7. The van der Waals surface area contributed by atoms with Gasteiger partial charge < -0.3 is 0 Å². The number of hydrogen-bond donors (Lipinski definition) is 0. The van der Waals surface area contributed by atoms with E-state index in [1.54, 1.807) is 0 Å². The molecule has 0 unspecified atom stereocenters. The van der Waals surface area contributed by atoms with E-state index in [4.69, 9.17) is 0 Å². The van der Waals surface area contributed by atoms with E-state index in [1.165, 1.54) is 0 Å². The zero-order valence-electron chi connectivity index (χ0n) is 18.7. The summed E-state index contributed by atoms with van der Waals surface area (Å²) in [5.74, 6) is 0.0394. The summed E-state index contributed by atoms with van der Waals surface area (Å²) in [5.41, 5.74) is 4.80. The molecule has 0 saturated heterocycles. The lowest BCUT2D eigenvalue weighted by molar-refractivity contribution is 0.101. The third-order valence-electron chi connectivity index (χ3n) is 5.95. The van der Waals surface area contributed by atoms with Crippen LogP contribution in [0.15, 0.2) is 115 Å². The Balaban J connectivity index is 1.90. The van der Waals surface area contributed by atoms with Crippen LogP contribution in [-0.2, 0) is 0 Å². The molecule has 160 valence electrons. The molecule has 0 saturated carbocycles. The predicted octanol–water partition coefficient (Wildman–Crippen LogP) is 7.15. The summed E-state index contributed by atoms with van der Waals surface area (Å²) in [6.45, 7) is 6.11. The van der Waals surface area contributed by atoms with Gasteiger partial charge >= 0.3 is 0 Å². The average Bonchev–Trinajstić information content (AvgIpc) is 2.88. The molecule has 3 heteroatoms. The van der Waals surface area contributed by atoms with Gasteiger partial charge in [0.1, 0.15) is 0 Å². The second kappa shape index (κ2) is 9.73. The van der Waals surface area contributed by atoms with Crippen molar-refractivity contribution in [2.45, 2.75) is 13.8 Å². The molecule has 32 heavy (non-hydrogen) atoms. The first-order chi connectivity index (χ1) is 15.7. The monoisotopic (exact) mass is 421 g/mol. The topological polar surface area (TPSA) is 20.3 Å². The number of benzene rings is 4. The molecule has 4 aromatic rings. The van der Waals surface area contributed by atoms with Gasteiger partial charge in [0, 0.05) is 60.6 Å². The van der Waals surface area contributed by atoms with Gasteiger partial charge in [-0.05, 0) is 26.0 Å². The molecule has 4 rings (SSSR count). The molecule has 4 aromatic carbocycles. The standard InChI is InChI=1S/C29H29N2O/c1-3-30(4-2)31(26-16-10-6-11-17-26,27-18-12-7-13-19-27)28-22-20-25(21-23-28)29(32)24-14-8-5-9-15-24/h5-23H,3-4H2,1-2H3/q+1. The van der Waals surface area contributed by atoms with Crippen molar-refractivity contribution in [2.24, 2.45) is 0 Å². The van der Waals surface area contributed by atoms with Crippen LogP contribution in [-0.4, -0.2) is 23.9 Å². The molecular formula is C29H29N2O+. The highest BCUT2D eigenvalue weighted by atomic mass is 16.1. The van der Waals surface area contributed by atoms with Gasteiger partial charge in [-0.1, -0.05) is 66.7 Å². The predicted molar refractivity (Wildman–Crippen MR) is 133 cm³/mol. The summed E-state index contributed by atoms with van der Waals surface area (Å²) < 4.78 is 0.467. The van der Waals surface area contributed by atoms with Crippen molar-refractivity contribution >= 4 is 22.8 Å². The number of ketones is 1. The maximum absolute atomic E-state index is 13.0. The van der Waals surface area contributed by atoms with E-state index in [1.807, 2.05) is 54.6 Å². The number of para-hydroxylation sites is 2. The van der Waals surface area contributed by atoms with Crippen molar-refractivity contribution in [2.75, 3.05) is 13.1 Å². The molecule has 0 fully saturated rings. The van der Waals surface area contributed by atoms with Crippen molar-refractivity contribution in [1.82, 2.24) is 9.60 Å². The lowest BCUT2D eigenvalue weighted by atomic mass is 10.0. The van der Waals surface area contributed by atoms with Crippen LogP contribution in [0.2, 0.25) is 0 Å². The number of carbonyl (C=O) groups is 1.